The number of anilines is 4. The van der Waals surface area contributed by atoms with Gasteiger partial charge < -0.3 is 40.0 Å². The van der Waals surface area contributed by atoms with E-state index in [0.29, 0.717) is 66.0 Å². The predicted molar refractivity (Wildman–Crippen MR) is 248 cm³/mol. The maximum Gasteiger partial charge on any atom is 0.293 e. The number of aryl methyl sites for hydroxylation is 2. The Balaban J connectivity index is 0.826. The zero-order chi connectivity index (χ0) is 47.1. The minimum absolute atomic E-state index is 0.0419. The summed E-state index contributed by atoms with van der Waals surface area (Å²) in [5.74, 6) is -0.664. The molecule has 0 bridgehead atoms. The van der Waals surface area contributed by atoms with Gasteiger partial charge in [0.05, 0.1) is 23.8 Å². The summed E-state index contributed by atoms with van der Waals surface area (Å²) in [5.41, 5.74) is 1.76. The molecule has 2 atom stereocenters. The van der Waals surface area contributed by atoms with Crippen LogP contribution in [0.2, 0.25) is 0 Å². The number of methoxy groups -OCH3 is 1. The van der Waals surface area contributed by atoms with E-state index in [-0.39, 0.29) is 48.2 Å². The van der Waals surface area contributed by atoms with Crippen molar-refractivity contribution in [3.8, 4) is 11.5 Å². The van der Waals surface area contributed by atoms with E-state index in [1.54, 1.807) is 43.6 Å². The topological polar surface area (TPSA) is 238 Å². The molecule has 19 heteroatoms. The number of ether oxygens (including phenoxy) is 2. The van der Waals surface area contributed by atoms with Gasteiger partial charge in [-0.3, -0.25) is 44.3 Å². The van der Waals surface area contributed by atoms with Crippen LogP contribution in [0, 0.1) is 12.8 Å². The maximum atomic E-state index is 13.3. The minimum Gasteiger partial charge on any atom is -0.494 e. The Morgan fingerprint density at radius 3 is 2.39 bits per heavy atom. The highest BCUT2D eigenvalue weighted by molar-refractivity contribution is 6.25. The van der Waals surface area contributed by atoms with Crippen LogP contribution >= 0.6 is 0 Å². The lowest BCUT2D eigenvalue weighted by molar-refractivity contribution is -0.136. The monoisotopic (exact) mass is 908 g/mol. The lowest BCUT2D eigenvalue weighted by Crippen LogP contribution is -2.54. The molecule has 0 aliphatic carbocycles. The highest BCUT2D eigenvalue weighted by atomic mass is 16.5. The molecule has 5 amide bonds. The zero-order valence-electron chi connectivity index (χ0n) is 38.3. The minimum atomic E-state index is -1.02. The van der Waals surface area contributed by atoms with Crippen LogP contribution in [0.25, 0.3) is 10.9 Å². The molecule has 7 rings (SSSR count). The number of carbonyl (C=O) groups excluding carboxylic acids is 5. The summed E-state index contributed by atoms with van der Waals surface area (Å²) in [7, 11) is 4.66. The molecular formula is C47H60N10O9. The van der Waals surface area contributed by atoms with Gasteiger partial charge in [-0.15, -0.1) is 0 Å². The average Bonchev–Trinajstić information content (AvgIpc) is 3.56. The summed E-state index contributed by atoms with van der Waals surface area (Å²) in [6.07, 6.45) is 9.40. The molecule has 4 aromatic rings. The summed E-state index contributed by atoms with van der Waals surface area (Å²) < 4.78 is 12.7. The van der Waals surface area contributed by atoms with E-state index in [1.807, 2.05) is 19.9 Å². The van der Waals surface area contributed by atoms with Crippen LogP contribution < -0.4 is 46.5 Å². The number of fused-ring (bicyclic) bond motifs is 2. The lowest BCUT2D eigenvalue weighted by atomic mass is 9.87. The SMILES string of the molecule is CNC(=O)COc1cc2cc(Nc3nc(N4CCC(C(C)(O)NCCCCCCCCNc5cccc6c5C(=O)N(C5CCC(=O)NC5=O)C6=O)CC4)ncc3C)cc(OC)c2n(C)c1=O. The van der Waals surface area contributed by atoms with Gasteiger partial charge in [-0.2, -0.15) is 4.98 Å². The van der Waals surface area contributed by atoms with Gasteiger partial charge in [0.15, 0.2) is 12.4 Å². The third-order valence-electron chi connectivity index (χ3n) is 12.8. The molecule has 3 aliphatic rings. The Morgan fingerprint density at radius 2 is 1.68 bits per heavy atom. The fourth-order valence-corrected chi connectivity index (χ4v) is 8.93. The molecule has 2 fully saturated rings. The number of amides is 5. The van der Waals surface area contributed by atoms with Gasteiger partial charge in [-0.1, -0.05) is 31.7 Å². The number of likely N-dealkylation sites (N-methyl/N-ethyl adjacent to an activating group) is 1. The van der Waals surface area contributed by atoms with Crippen LogP contribution in [0.4, 0.5) is 23.1 Å². The van der Waals surface area contributed by atoms with Crippen molar-refractivity contribution in [2.24, 2.45) is 13.0 Å². The number of pyridine rings is 1. The molecule has 2 unspecified atom stereocenters. The smallest absolute Gasteiger partial charge is 0.293 e. The molecule has 66 heavy (non-hydrogen) atoms. The predicted octanol–water partition coefficient (Wildman–Crippen LogP) is 3.88. The molecule has 2 aromatic heterocycles. The van der Waals surface area contributed by atoms with Crippen molar-refractivity contribution in [1.82, 2.24) is 35.4 Å². The van der Waals surface area contributed by atoms with Gasteiger partial charge in [-0.25, -0.2) is 4.98 Å². The molecule has 0 spiro atoms. The van der Waals surface area contributed by atoms with E-state index < -0.39 is 41.0 Å². The van der Waals surface area contributed by atoms with Crippen molar-refractivity contribution < 1.29 is 38.6 Å². The Bertz CT molecular complexity index is 2550. The van der Waals surface area contributed by atoms with Gasteiger partial charge >= 0.3 is 0 Å². The number of rotatable bonds is 20. The molecule has 5 heterocycles. The number of benzene rings is 2. The Hall–Kier alpha value is -6.60. The fraction of sp³-hybridized carbons (Fsp3) is 0.489. The molecule has 19 nitrogen and oxygen atoms in total. The van der Waals surface area contributed by atoms with E-state index in [2.05, 4.69) is 36.5 Å². The number of piperidine rings is 2. The van der Waals surface area contributed by atoms with Gasteiger partial charge in [-0.05, 0) is 76.8 Å². The van der Waals surface area contributed by atoms with E-state index in [0.717, 1.165) is 61.8 Å². The van der Waals surface area contributed by atoms with Crippen molar-refractivity contribution in [3.05, 3.63) is 69.6 Å². The van der Waals surface area contributed by atoms with E-state index >= 15 is 0 Å². The first kappa shape index (κ1) is 47.4. The molecule has 352 valence electrons. The second-order valence-electron chi connectivity index (χ2n) is 17.3. The standard InChI is InChI=1S/C47H60N10O9/c1-28-26-50-46(54-41(28)52-31-23-29-24-36(66-27-38(59)48-3)44(62)55(4)40(29)35(25-31)65-5)56-21-17-30(18-22-56)47(2,64)51-20-11-9-7-6-8-10-19-49-33-14-12-13-32-39(33)45(63)57(43(32)61)34-15-16-37(58)53-42(34)60/h12-14,23-26,30,34,49,51,64H,6-11,15-22,27H2,1-5H3,(H,48,59)(H,50,52,54)(H,53,58,60). The fourth-order valence-electron chi connectivity index (χ4n) is 8.93. The second kappa shape index (κ2) is 20.7. The van der Waals surface area contributed by atoms with Gasteiger partial charge in [0.25, 0.3) is 23.3 Å². The number of nitrogens with zero attached hydrogens (tertiary/aromatic N) is 5. The Kier molecular flexibility index (Phi) is 14.9. The van der Waals surface area contributed by atoms with Crippen molar-refractivity contribution in [1.29, 1.82) is 0 Å². The van der Waals surface area contributed by atoms with Gasteiger partial charge in [0.1, 0.15) is 23.3 Å². The second-order valence-corrected chi connectivity index (χ2v) is 17.3. The quantitative estimate of drug-likeness (QED) is 0.0419. The number of aliphatic hydroxyl groups is 1. The lowest BCUT2D eigenvalue weighted by Gasteiger charge is -2.40. The van der Waals surface area contributed by atoms with Crippen LogP contribution in [-0.4, -0.2) is 113 Å². The largest absolute Gasteiger partial charge is 0.494 e. The third kappa shape index (κ3) is 10.4. The van der Waals surface area contributed by atoms with Crippen molar-refractivity contribution in [2.75, 3.05) is 62.5 Å². The van der Waals surface area contributed by atoms with Crippen molar-refractivity contribution in [2.45, 2.75) is 89.8 Å². The van der Waals surface area contributed by atoms with Crippen LogP contribution in [-0.2, 0) is 21.4 Å². The summed E-state index contributed by atoms with van der Waals surface area (Å²) in [6, 6.07) is 9.34. The van der Waals surface area contributed by atoms with E-state index in [1.165, 1.54) is 18.7 Å². The van der Waals surface area contributed by atoms with Crippen molar-refractivity contribution in [3.63, 3.8) is 0 Å². The first-order valence-electron chi connectivity index (χ1n) is 22.7. The number of hydrogen-bond acceptors (Lipinski definition) is 15. The highest BCUT2D eigenvalue weighted by Gasteiger charge is 2.45. The molecule has 2 saturated heterocycles. The summed E-state index contributed by atoms with van der Waals surface area (Å²) in [4.78, 5) is 88.0. The van der Waals surface area contributed by atoms with Gasteiger partial charge in [0, 0.05) is 80.7 Å². The maximum absolute atomic E-state index is 13.3. The van der Waals surface area contributed by atoms with Crippen molar-refractivity contribution >= 4 is 63.6 Å². The molecule has 0 saturated carbocycles. The first-order valence-corrected chi connectivity index (χ1v) is 22.7. The van der Waals surface area contributed by atoms with E-state index in [9.17, 15) is 33.9 Å². The van der Waals surface area contributed by atoms with Gasteiger partial charge in [0.2, 0.25) is 17.8 Å². The van der Waals surface area contributed by atoms with Crippen LogP contribution in [0.1, 0.15) is 97.4 Å². The number of hydrogen-bond donors (Lipinski definition) is 6. The summed E-state index contributed by atoms with van der Waals surface area (Å²) >= 11 is 0. The van der Waals surface area contributed by atoms with Crippen LogP contribution in [0.5, 0.6) is 11.5 Å². The van der Waals surface area contributed by atoms with E-state index in [4.69, 9.17) is 14.5 Å². The number of aromatic nitrogens is 3. The molecular weight excluding hydrogens is 849 g/mol. The zero-order valence-corrected chi connectivity index (χ0v) is 38.3. The molecule has 2 aromatic carbocycles. The normalized spacial score (nSPS) is 17.4. The molecule has 6 N–H and O–H groups in total. The third-order valence-corrected chi connectivity index (χ3v) is 12.8. The summed E-state index contributed by atoms with van der Waals surface area (Å²) in [6.45, 7) is 6.17. The molecule has 3 aliphatic heterocycles. The summed E-state index contributed by atoms with van der Waals surface area (Å²) in [5, 5.41) is 26.9. The Labute approximate surface area is 383 Å². The van der Waals surface area contributed by atoms with Crippen LogP contribution in [0.15, 0.2) is 47.4 Å². The first-order chi connectivity index (χ1) is 31.7. The average molecular weight is 909 g/mol. The number of unbranched alkanes of at least 4 members (excludes halogenated alkanes) is 5. The Morgan fingerprint density at radius 1 is 0.955 bits per heavy atom. The highest BCUT2D eigenvalue weighted by Crippen LogP contribution is 2.35. The molecule has 0 radical (unpaired) electrons. The van der Waals surface area contributed by atoms with Crippen LogP contribution in [0.3, 0.4) is 0 Å². The number of carbonyl (C=O) groups is 5. The number of imide groups is 2. The number of nitrogens with one attached hydrogen (secondary N) is 5.